The van der Waals surface area contributed by atoms with Crippen LogP contribution in [0.25, 0.3) is 0 Å². The van der Waals surface area contributed by atoms with Crippen LogP contribution in [-0.4, -0.2) is 44.3 Å². The second-order valence-corrected chi connectivity index (χ2v) is 10.2. The lowest BCUT2D eigenvalue weighted by molar-refractivity contribution is -0.134. The zero-order valence-corrected chi connectivity index (χ0v) is 19.6. The lowest BCUT2D eigenvalue weighted by Gasteiger charge is -2.62. The highest BCUT2D eigenvalue weighted by atomic mass is 16.4. The van der Waals surface area contributed by atoms with Crippen molar-refractivity contribution in [3.63, 3.8) is 0 Å². The summed E-state index contributed by atoms with van der Waals surface area (Å²) in [5.41, 5.74) is 2.05. The van der Waals surface area contributed by atoms with Crippen LogP contribution in [0.3, 0.4) is 0 Å². The third-order valence-electron chi connectivity index (χ3n) is 7.74. The SMILES string of the molecule is O=C(O)/C=C/C(=O)O.c1ccc(CC23CC4CC(CC(C4)C2NCCCn2ccnc2)C3)cc1. The first-order valence-electron chi connectivity index (χ1n) is 12.3. The number of carbonyl (C=O) groups is 2. The first-order valence-corrected chi connectivity index (χ1v) is 12.3. The number of imidazole rings is 1. The van der Waals surface area contributed by atoms with Crippen LogP contribution in [0.1, 0.15) is 44.1 Å². The van der Waals surface area contributed by atoms with E-state index in [0.29, 0.717) is 17.6 Å². The summed E-state index contributed by atoms with van der Waals surface area (Å²) < 4.78 is 2.19. The number of hydrogen-bond donors (Lipinski definition) is 3. The molecule has 4 fully saturated rings. The van der Waals surface area contributed by atoms with E-state index in [1.165, 1.54) is 44.9 Å². The van der Waals surface area contributed by atoms with Crippen molar-refractivity contribution in [3.05, 3.63) is 66.8 Å². The number of nitrogens with zero attached hydrogens (tertiary/aromatic N) is 2. The van der Waals surface area contributed by atoms with Gasteiger partial charge in [0, 0.05) is 37.1 Å². The summed E-state index contributed by atoms with van der Waals surface area (Å²) in [7, 11) is 0. The van der Waals surface area contributed by atoms with Crippen LogP contribution >= 0.6 is 0 Å². The zero-order chi connectivity index (χ0) is 24.0. The molecule has 2 aromatic rings. The Balaban J connectivity index is 0.000000297. The first kappa shape index (κ1) is 24.2. The minimum atomic E-state index is -1.26. The largest absolute Gasteiger partial charge is 0.478 e. The van der Waals surface area contributed by atoms with Gasteiger partial charge in [0.05, 0.1) is 6.33 Å². The second-order valence-electron chi connectivity index (χ2n) is 10.2. The van der Waals surface area contributed by atoms with Gasteiger partial charge in [-0.05, 0) is 80.2 Å². The molecule has 7 nitrogen and oxygen atoms in total. The van der Waals surface area contributed by atoms with E-state index in [1.54, 1.807) is 5.56 Å². The number of carboxylic acid groups (broad SMARTS) is 2. The molecular weight excluding hydrogens is 430 g/mol. The van der Waals surface area contributed by atoms with Gasteiger partial charge in [-0.2, -0.15) is 0 Å². The average molecular weight is 466 g/mol. The van der Waals surface area contributed by atoms with Crippen molar-refractivity contribution in [2.45, 2.75) is 57.5 Å². The van der Waals surface area contributed by atoms with Crippen molar-refractivity contribution >= 4 is 11.9 Å². The Morgan fingerprint density at radius 2 is 1.74 bits per heavy atom. The van der Waals surface area contributed by atoms with E-state index in [4.69, 9.17) is 10.2 Å². The number of aromatic nitrogens is 2. The number of benzene rings is 1. The molecule has 0 amide bonds. The molecule has 0 spiro atoms. The number of carboxylic acids is 2. The predicted molar refractivity (Wildman–Crippen MR) is 129 cm³/mol. The molecule has 1 heterocycles. The van der Waals surface area contributed by atoms with E-state index >= 15 is 0 Å². The van der Waals surface area contributed by atoms with Crippen molar-refractivity contribution in [1.29, 1.82) is 0 Å². The lowest BCUT2D eigenvalue weighted by Crippen LogP contribution is -2.62. The van der Waals surface area contributed by atoms with E-state index in [-0.39, 0.29) is 0 Å². The fraction of sp³-hybridized carbons (Fsp3) is 0.519. The molecule has 4 saturated carbocycles. The summed E-state index contributed by atoms with van der Waals surface area (Å²) in [6, 6.07) is 12.0. The molecule has 182 valence electrons. The smallest absolute Gasteiger partial charge is 0.328 e. The maximum absolute atomic E-state index is 9.55. The van der Waals surface area contributed by atoms with E-state index < -0.39 is 11.9 Å². The van der Waals surface area contributed by atoms with Crippen LogP contribution in [0, 0.1) is 23.2 Å². The Labute approximate surface area is 200 Å². The van der Waals surface area contributed by atoms with Crippen molar-refractivity contribution in [2.75, 3.05) is 6.54 Å². The number of aliphatic carboxylic acids is 2. The minimum absolute atomic E-state index is 0.505. The summed E-state index contributed by atoms with van der Waals surface area (Å²) in [6.07, 6.45) is 16.8. The maximum atomic E-state index is 9.55. The molecular formula is C27H35N3O4. The number of hydrogen-bond acceptors (Lipinski definition) is 4. The van der Waals surface area contributed by atoms with Gasteiger partial charge in [-0.1, -0.05) is 30.3 Å². The van der Waals surface area contributed by atoms with Gasteiger partial charge in [0.1, 0.15) is 0 Å². The standard InChI is InChI=1S/C23H31N3.C4H4O4/c1-2-5-18(6-3-1)14-23-15-19-11-20(16-23)13-21(12-19)22(23)25-7-4-9-26-10-8-24-17-26;5-3(6)1-2-4(7)8/h1-3,5-6,8,10,17,19-22,25H,4,7,9,11-16H2;1-2H,(H,5,6)(H,7,8)/b;2-1+. The van der Waals surface area contributed by atoms with Crippen LogP contribution in [0.4, 0.5) is 0 Å². The van der Waals surface area contributed by atoms with Crippen molar-refractivity contribution in [3.8, 4) is 0 Å². The Morgan fingerprint density at radius 3 is 2.32 bits per heavy atom. The van der Waals surface area contributed by atoms with Gasteiger partial charge in [-0.3, -0.25) is 0 Å². The Morgan fingerprint density at radius 1 is 1.06 bits per heavy atom. The Bertz CT molecular complexity index is 943. The summed E-state index contributed by atoms with van der Waals surface area (Å²) >= 11 is 0. The number of rotatable bonds is 9. The van der Waals surface area contributed by atoms with Gasteiger partial charge < -0.3 is 20.1 Å². The van der Waals surface area contributed by atoms with Crippen LogP contribution in [0.15, 0.2) is 61.2 Å². The van der Waals surface area contributed by atoms with Gasteiger partial charge >= 0.3 is 11.9 Å². The summed E-state index contributed by atoms with van der Waals surface area (Å²) in [4.78, 5) is 23.3. The van der Waals surface area contributed by atoms with Crippen LogP contribution < -0.4 is 5.32 Å². The number of aryl methyl sites for hydroxylation is 1. The zero-order valence-electron chi connectivity index (χ0n) is 19.6. The molecule has 0 radical (unpaired) electrons. The van der Waals surface area contributed by atoms with E-state index in [9.17, 15) is 9.59 Å². The molecule has 3 unspecified atom stereocenters. The minimum Gasteiger partial charge on any atom is -0.478 e. The topological polar surface area (TPSA) is 104 Å². The Hall–Kier alpha value is -2.93. The summed E-state index contributed by atoms with van der Waals surface area (Å²) in [6.45, 7) is 2.20. The van der Waals surface area contributed by atoms with E-state index in [1.807, 2.05) is 12.5 Å². The monoisotopic (exact) mass is 465 g/mol. The van der Waals surface area contributed by atoms with E-state index in [0.717, 1.165) is 36.9 Å². The molecule has 0 aliphatic heterocycles. The second kappa shape index (κ2) is 11.0. The van der Waals surface area contributed by atoms with Crippen molar-refractivity contribution in [2.24, 2.45) is 23.2 Å². The van der Waals surface area contributed by atoms with Crippen LogP contribution in [0.2, 0.25) is 0 Å². The first-order chi connectivity index (χ1) is 16.4. The van der Waals surface area contributed by atoms with Gasteiger partial charge in [0.2, 0.25) is 0 Å². The predicted octanol–water partition coefficient (Wildman–Crippen LogP) is 4.01. The molecule has 4 aliphatic rings. The van der Waals surface area contributed by atoms with Gasteiger partial charge in [0.15, 0.2) is 0 Å². The average Bonchev–Trinajstić information content (AvgIpc) is 3.31. The lowest BCUT2D eigenvalue weighted by atomic mass is 9.46. The van der Waals surface area contributed by atoms with E-state index in [2.05, 4.69) is 51.4 Å². The van der Waals surface area contributed by atoms with Gasteiger partial charge in [-0.25, -0.2) is 14.6 Å². The summed E-state index contributed by atoms with van der Waals surface area (Å²) in [5.74, 6) is 0.401. The van der Waals surface area contributed by atoms with Crippen LogP contribution in [-0.2, 0) is 22.6 Å². The Kier molecular flexibility index (Phi) is 7.83. The van der Waals surface area contributed by atoms with Crippen LogP contribution in [0.5, 0.6) is 0 Å². The third-order valence-corrected chi connectivity index (χ3v) is 7.74. The van der Waals surface area contributed by atoms with Crippen molar-refractivity contribution < 1.29 is 19.8 Å². The fourth-order valence-corrected chi connectivity index (χ4v) is 6.93. The molecule has 7 heteroatoms. The quantitative estimate of drug-likeness (QED) is 0.382. The molecule has 1 aromatic carbocycles. The molecule has 3 N–H and O–H groups in total. The molecule has 6 rings (SSSR count). The molecule has 4 aliphatic carbocycles. The third kappa shape index (κ3) is 6.14. The normalized spacial score (nSPS) is 29.1. The summed E-state index contributed by atoms with van der Waals surface area (Å²) in [5, 5.41) is 19.7. The number of nitrogens with one attached hydrogen (secondary N) is 1. The highest BCUT2D eigenvalue weighted by molar-refractivity contribution is 5.89. The molecule has 3 atom stereocenters. The molecule has 4 bridgehead atoms. The fourth-order valence-electron chi connectivity index (χ4n) is 6.93. The van der Waals surface area contributed by atoms with Gasteiger partial charge in [0.25, 0.3) is 0 Å². The maximum Gasteiger partial charge on any atom is 0.328 e. The van der Waals surface area contributed by atoms with Gasteiger partial charge in [-0.15, -0.1) is 0 Å². The molecule has 34 heavy (non-hydrogen) atoms. The highest BCUT2D eigenvalue weighted by Gasteiger charge is 2.56. The molecule has 0 saturated heterocycles. The van der Waals surface area contributed by atoms with Crippen molar-refractivity contribution in [1.82, 2.24) is 14.9 Å². The molecule has 1 aromatic heterocycles. The highest BCUT2D eigenvalue weighted by Crippen LogP contribution is 2.61.